The van der Waals surface area contributed by atoms with Crippen molar-refractivity contribution in [1.29, 1.82) is 0 Å². The number of halogens is 2. The summed E-state index contributed by atoms with van der Waals surface area (Å²) < 4.78 is 5.75. The monoisotopic (exact) mass is 407 g/mol. The molecule has 0 spiro atoms. The summed E-state index contributed by atoms with van der Waals surface area (Å²) in [6, 6.07) is 17.4. The van der Waals surface area contributed by atoms with Crippen LogP contribution in [0.1, 0.15) is 27.8 Å². The molecule has 3 aromatic rings. The lowest BCUT2D eigenvalue weighted by Crippen LogP contribution is -2.20. The Kier molecular flexibility index (Phi) is 7.45. The van der Waals surface area contributed by atoms with Crippen molar-refractivity contribution in [2.45, 2.75) is 12.6 Å². The van der Waals surface area contributed by atoms with Crippen molar-refractivity contribution >= 4 is 30.0 Å². The first-order chi connectivity index (χ1) is 12.5. The van der Waals surface area contributed by atoms with Gasteiger partial charge in [-0.2, -0.15) is 0 Å². The second kappa shape index (κ2) is 9.58. The minimum absolute atomic E-state index is 0. The van der Waals surface area contributed by atoms with Crippen molar-refractivity contribution < 1.29 is 19.4 Å². The van der Waals surface area contributed by atoms with E-state index in [0.29, 0.717) is 35.2 Å². The van der Waals surface area contributed by atoms with E-state index < -0.39 is 12.1 Å². The molecule has 1 unspecified atom stereocenters. The second-order valence-corrected chi connectivity index (χ2v) is 6.23. The highest BCUT2D eigenvalue weighted by atomic mass is 35.5. The third kappa shape index (κ3) is 5.34. The minimum atomic E-state index is -1.02. The van der Waals surface area contributed by atoms with E-state index in [1.807, 2.05) is 30.3 Å². The van der Waals surface area contributed by atoms with Gasteiger partial charge in [0.05, 0.1) is 23.2 Å². The first-order valence-electron chi connectivity index (χ1n) is 8.10. The molecule has 0 saturated heterocycles. The van der Waals surface area contributed by atoms with Crippen molar-refractivity contribution in [2.24, 2.45) is 0 Å². The lowest BCUT2D eigenvalue weighted by Gasteiger charge is -2.11. The van der Waals surface area contributed by atoms with Crippen molar-refractivity contribution in [3.05, 3.63) is 82.6 Å². The summed E-state index contributed by atoms with van der Waals surface area (Å²) in [6.45, 7) is 0.815. The SMILES string of the molecule is Cl.O=C(O)c1ccc(Cl)c(-c2ccc(CNCC(O)c3ccccc3)o2)c1. The van der Waals surface area contributed by atoms with E-state index >= 15 is 0 Å². The molecule has 5 nitrogen and oxygen atoms in total. The average molecular weight is 408 g/mol. The lowest BCUT2D eigenvalue weighted by atomic mass is 10.1. The van der Waals surface area contributed by atoms with Gasteiger partial charge in [-0.3, -0.25) is 0 Å². The molecule has 0 amide bonds. The van der Waals surface area contributed by atoms with Gasteiger partial charge < -0.3 is 19.9 Å². The van der Waals surface area contributed by atoms with Gasteiger partial charge in [0.15, 0.2) is 0 Å². The lowest BCUT2D eigenvalue weighted by molar-refractivity contribution is 0.0697. The number of hydrogen-bond acceptors (Lipinski definition) is 4. The molecule has 0 radical (unpaired) electrons. The van der Waals surface area contributed by atoms with E-state index in [2.05, 4.69) is 5.32 Å². The van der Waals surface area contributed by atoms with Gasteiger partial charge in [-0.05, 0) is 35.9 Å². The Morgan fingerprint density at radius 1 is 1.11 bits per heavy atom. The summed E-state index contributed by atoms with van der Waals surface area (Å²) in [4.78, 5) is 11.1. The van der Waals surface area contributed by atoms with Crippen LogP contribution in [-0.4, -0.2) is 22.7 Å². The van der Waals surface area contributed by atoms with Crippen molar-refractivity contribution in [1.82, 2.24) is 5.32 Å². The Bertz CT molecular complexity index is 896. The van der Waals surface area contributed by atoms with E-state index in [0.717, 1.165) is 5.56 Å². The van der Waals surface area contributed by atoms with Gasteiger partial charge in [0.25, 0.3) is 0 Å². The van der Waals surface area contributed by atoms with Crippen LogP contribution in [0.5, 0.6) is 0 Å². The van der Waals surface area contributed by atoms with Gasteiger partial charge in [0.2, 0.25) is 0 Å². The largest absolute Gasteiger partial charge is 0.478 e. The van der Waals surface area contributed by atoms with E-state index in [4.69, 9.17) is 21.1 Å². The van der Waals surface area contributed by atoms with Crippen LogP contribution in [0.25, 0.3) is 11.3 Å². The molecule has 0 aliphatic rings. The molecular formula is C20H19Cl2NO4. The zero-order valence-corrected chi connectivity index (χ0v) is 15.8. The fourth-order valence-corrected chi connectivity index (χ4v) is 2.80. The Balaban J connectivity index is 0.00000261. The predicted octanol–water partition coefficient (Wildman–Crippen LogP) is 4.54. The third-order valence-corrected chi connectivity index (χ3v) is 4.29. The molecule has 1 aromatic heterocycles. The van der Waals surface area contributed by atoms with Crippen molar-refractivity contribution in [3.8, 4) is 11.3 Å². The van der Waals surface area contributed by atoms with Crippen LogP contribution in [-0.2, 0) is 6.54 Å². The highest BCUT2D eigenvalue weighted by molar-refractivity contribution is 6.33. The molecule has 0 fully saturated rings. The molecule has 27 heavy (non-hydrogen) atoms. The number of aliphatic hydroxyl groups is 1. The van der Waals surface area contributed by atoms with Crippen LogP contribution in [0.15, 0.2) is 65.1 Å². The second-order valence-electron chi connectivity index (χ2n) is 5.82. The first kappa shape index (κ1) is 21.0. The van der Waals surface area contributed by atoms with E-state index in [9.17, 15) is 9.90 Å². The number of aliphatic hydroxyl groups excluding tert-OH is 1. The molecule has 0 aliphatic heterocycles. The number of aromatic carboxylic acids is 1. The average Bonchev–Trinajstić information content (AvgIpc) is 3.11. The van der Waals surface area contributed by atoms with Gasteiger partial charge in [-0.25, -0.2) is 4.79 Å². The van der Waals surface area contributed by atoms with Crippen molar-refractivity contribution in [3.63, 3.8) is 0 Å². The maximum atomic E-state index is 11.1. The number of carboxylic acids is 1. The molecule has 3 N–H and O–H groups in total. The number of hydrogen-bond donors (Lipinski definition) is 3. The molecule has 3 rings (SSSR count). The normalized spacial score (nSPS) is 11.6. The van der Waals surface area contributed by atoms with E-state index in [1.165, 1.54) is 18.2 Å². The van der Waals surface area contributed by atoms with Gasteiger partial charge in [-0.1, -0.05) is 41.9 Å². The highest BCUT2D eigenvalue weighted by Gasteiger charge is 2.13. The Morgan fingerprint density at radius 2 is 1.85 bits per heavy atom. The summed E-state index contributed by atoms with van der Waals surface area (Å²) in [5, 5.41) is 22.8. The summed E-state index contributed by atoms with van der Waals surface area (Å²) in [7, 11) is 0. The smallest absolute Gasteiger partial charge is 0.335 e. The zero-order valence-electron chi connectivity index (χ0n) is 14.3. The molecule has 1 heterocycles. The maximum Gasteiger partial charge on any atom is 0.335 e. The number of carboxylic acid groups (broad SMARTS) is 1. The van der Waals surface area contributed by atoms with Crippen LogP contribution in [0, 0.1) is 0 Å². The standard InChI is InChI=1S/C20H18ClNO4.ClH/c21-17-8-6-14(20(24)25)10-16(17)19-9-7-15(26-19)11-22-12-18(23)13-4-2-1-3-5-13;/h1-10,18,22-23H,11-12H2,(H,24,25);1H. The highest BCUT2D eigenvalue weighted by Crippen LogP contribution is 2.30. The third-order valence-electron chi connectivity index (χ3n) is 3.96. The number of benzene rings is 2. The maximum absolute atomic E-state index is 11.1. The molecule has 1 atom stereocenters. The summed E-state index contributed by atoms with van der Waals surface area (Å²) in [6.07, 6.45) is -0.604. The molecule has 0 aliphatic carbocycles. The number of carbonyl (C=O) groups is 1. The Labute approximate surface area is 168 Å². The topological polar surface area (TPSA) is 82.7 Å². The molecule has 0 saturated carbocycles. The molecule has 0 bridgehead atoms. The zero-order chi connectivity index (χ0) is 18.5. The summed E-state index contributed by atoms with van der Waals surface area (Å²) in [5.74, 6) is 0.141. The number of rotatable bonds is 7. The Morgan fingerprint density at radius 3 is 2.56 bits per heavy atom. The molecule has 142 valence electrons. The predicted molar refractivity (Wildman–Crippen MR) is 106 cm³/mol. The van der Waals surface area contributed by atoms with Crippen LogP contribution >= 0.6 is 24.0 Å². The van der Waals surface area contributed by atoms with Gasteiger partial charge in [0, 0.05) is 12.1 Å². The molecular weight excluding hydrogens is 389 g/mol. The van der Waals surface area contributed by atoms with E-state index in [-0.39, 0.29) is 18.0 Å². The van der Waals surface area contributed by atoms with Crippen LogP contribution in [0.4, 0.5) is 0 Å². The number of furan rings is 1. The van der Waals surface area contributed by atoms with Gasteiger partial charge in [-0.15, -0.1) is 12.4 Å². The first-order valence-corrected chi connectivity index (χ1v) is 8.48. The van der Waals surface area contributed by atoms with Crippen LogP contribution in [0.3, 0.4) is 0 Å². The minimum Gasteiger partial charge on any atom is -0.478 e. The fourth-order valence-electron chi connectivity index (χ4n) is 2.59. The van der Waals surface area contributed by atoms with Gasteiger partial charge >= 0.3 is 5.97 Å². The molecule has 7 heteroatoms. The summed E-state index contributed by atoms with van der Waals surface area (Å²) in [5.41, 5.74) is 1.52. The quantitative estimate of drug-likeness (QED) is 0.535. The fraction of sp³-hybridized carbons (Fsp3) is 0.150. The van der Waals surface area contributed by atoms with Crippen molar-refractivity contribution in [2.75, 3.05) is 6.54 Å². The van der Waals surface area contributed by atoms with E-state index in [1.54, 1.807) is 12.1 Å². The molecule has 2 aromatic carbocycles. The van der Waals surface area contributed by atoms with Crippen LogP contribution < -0.4 is 5.32 Å². The Hall–Kier alpha value is -2.31. The van der Waals surface area contributed by atoms with Crippen LogP contribution in [0.2, 0.25) is 5.02 Å². The summed E-state index contributed by atoms with van der Waals surface area (Å²) >= 11 is 6.16. The van der Waals surface area contributed by atoms with Gasteiger partial charge in [0.1, 0.15) is 11.5 Å². The number of nitrogens with one attached hydrogen (secondary N) is 1.